The number of alkyl halides is 3. The van der Waals surface area contributed by atoms with Crippen LogP contribution >= 0.6 is 11.3 Å². The molecule has 41 heavy (non-hydrogen) atoms. The van der Waals surface area contributed by atoms with E-state index in [-0.39, 0.29) is 30.3 Å². The van der Waals surface area contributed by atoms with Crippen molar-refractivity contribution in [1.29, 1.82) is 0 Å². The predicted octanol–water partition coefficient (Wildman–Crippen LogP) is 6.13. The Kier molecular flexibility index (Phi) is 9.63. The molecule has 1 amide bonds. The number of rotatable bonds is 10. The first-order valence-corrected chi connectivity index (χ1v) is 16.0. The van der Waals surface area contributed by atoms with Gasteiger partial charge in [-0.1, -0.05) is 24.3 Å². The van der Waals surface area contributed by atoms with Crippen LogP contribution in [0.5, 0.6) is 0 Å². The van der Waals surface area contributed by atoms with Gasteiger partial charge in [-0.2, -0.15) is 24.5 Å². The molecule has 0 radical (unpaired) electrons. The van der Waals surface area contributed by atoms with Gasteiger partial charge < -0.3 is 10.6 Å². The number of fused-ring (bicyclic) bond motifs is 1. The first-order valence-electron chi connectivity index (χ1n) is 13.6. The molecule has 4 rings (SSSR count). The Morgan fingerprint density at radius 2 is 1.85 bits per heavy atom. The van der Waals surface area contributed by atoms with E-state index in [2.05, 4.69) is 54.3 Å². The van der Waals surface area contributed by atoms with Crippen LogP contribution in [0.4, 0.5) is 13.2 Å². The number of carbonyl (C=O) groups is 1. The molecule has 0 bridgehead atoms. The van der Waals surface area contributed by atoms with Gasteiger partial charge in [0.1, 0.15) is 0 Å². The van der Waals surface area contributed by atoms with Crippen LogP contribution in [0.3, 0.4) is 0 Å². The van der Waals surface area contributed by atoms with E-state index in [1.54, 1.807) is 0 Å². The quantitative estimate of drug-likeness (QED) is 0.259. The van der Waals surface area contributed by atoms with E-state index in [4.69, 9.17) is 0 Å². The molecular formula is C30H36F3N3O3S2. The van der Waals surface area contributed by atoms with Crippen molar-refractivity contribution in [2.24, 2.45) is 0 Å². The maximum absolute atomic E-state index is 13.2. The summed E-state index contributed by atoms with van der Waals surface area (Å²) in [5, 5.41) is 10.3. The number of halogens is 3. The van der Waals surface area contributed by atoms with Crippen LogP contribution < -0.4 is 15.4 Å². The van der Waals surface area contributed by atoms with Crippen molar-refractivity contribution in [2.45, 2.75) is 88.1 Å². The summed E-state index contributed by atoms with van der Waals surface area (Å²) in [6, 6.07) is 10.7. The number of hydrogen-bond acceptors (Lipinski definition) is 5. The Bertz CT molecular complexity index is 1450. The molecule has 2 atom stereocenters. The Morgan fingerprint density at radius 1 is 1.07 bits per heavy atom. The molecule has 0 saturated carbocycles. The van der Waals surface area contributed by atoms with Crippen LogP contribution in [-0.2, 0) is 40.4 Å². The lowest BCUT2D eigenvalue weighted by atomic mass is 9.86. The van der Waals surface area contributed by atoms with Crippen LogP contribution in [0.2, 0.25) is 0 Å². The third-order valence-electron chi connectivity index (χ3n) is 6.97. The van der Waals surface area contributed by atoms with Crippen molar-refractivity contribution >= 4 is 27.3 Å². The van der Waals surface area contributed by atoms with E-state index < -0.39 is 32.7 Å². The molecule has 0 spiro atoms. The lowest BCUT2D eigenvalue weighted by Gasteiger charge is -2.28. The molecule has 2 aromatic carbocycles. The van der Waals surface area contributed by atoms with Crippen molar-refractivity contribution in [2.75, 3.05) is 0 Å². The van der Waals surface area contributed by atoms with Crippen molar-refractivity contribution in [3.63, 3.8) is 0 Å². The zero-order valence-electron chi connectivity index (χ0n) is 23.3. The second-order valence-corrected chi connectivity index (χ2v) is 14.0. The van der Waals surface area contributed by atoms with Gasteiger partial charge >= 0.3 is 6.18 Å². The van der Waals surface area contributed by atoms with Gasteiger partial charge in [0.05, 0.1) is 16.5 Å². The van der Waals surface area contributed by atoms with Gasteiger partial charge in [0.15, 0.2) is 0 Å². The third kappa shape index (κ3) is 8.88. The van der Waals surface area contributed by atoms with Crippen molar-refractivity contribution in [3.05, 3.63) is 87.1 Å². The van der Waals surface area contributed by atoms with Gasteiger partial charge in [0.2, 0.25) is 15.9 Å². The molecule has 222 valence electrons. The smallest absolute Gasteiger partial charge is 0.349 e. The van der Waals surface area contributed by atoms with E-state index >= 15 is 0 Å². The Balaban J connectivity index is 1.48. The number of hydrogen-bond donors (Lipinski definition) is 3. The fourth-order valence-electron chi connectivity index (χ4n) is 4.95. The summed E-state index contributed by atoms with van der Waals surface area (Å²) in [7, 11) is -4.33. The van der Waals surface area contributed by atoms with Crippen molar-refractivity contribution in [3.8, 4) is 0 Å². The molecule has 1 aliphatic rings. The highest BCUT2D eigenvalue weighted by molar-refractivity contribution is 7.89. The second kappa shape index (κ2) is 12.6. The molecule has 3 aromatic rings. The third-order valence-corrected chi connectivity index (χ3v) is 9.22. The lowest BCUT2D eigenvalue weighted by molar-refractivity contribution is -0.137. The van der Waals surface area contributed by atoms with E-state index in [1.807, 2.05) is 16.8 Å². The molecule has 0 unspecified atom stereocenters. The summed E-state index contributed by atoms with van der Waals surface area (Å²) < 4.78 is 68.4. The molecule has 1 heterocycles. The van der Waals surface area contributed by atoms with Gasteiger partial charge in [-0.25, -0.2) is 13.1 Å². The average Bonchev–Trinajstić information content (AvgIpc) is 3.39. The SMILES string of the molecule is CC(C)(C)NCc1ccc2c(c1)CCC[C@H]2NC(=O)C[C@@H](Cc1ccsc1)NS(=O)(=O)c1cccc(C(F)(F)F)c1. The minimum absolute atomic E-state index is 0.00534. The molecule has 0 aliphatic heterocycles. The topological polar surface area (TPSA) is 87.3 Å². The highest BCUT2D eigenvalue weighted by Crippen LogP contribution is 2.32. The number of amides is 1. The van der Waals surface area contributed by atoms with E-state index in [9.17, 15) is 26.4 Å². The van der Waals surface area contributed by atoms with Crippen LogP contribution in [0.15, 0.2) is 64.2 Å². The molecule has 0 saturated heterocycles. The maximum atomic E-state index is 13.2. The first-order chi connectivity index (χ1) is 19.2. The minimum atomic E-state index is -4.68. The number of nitrogens with one attached hydrogen (secondary N) is 3. The van der Waals surface area contributed by atoms with Crippen molar-refractivity contribution in [1.82, 2.24) is 15.4 Å². The molecule has 1 aliphatic carbocycles. The normalized spacial score (nSPS) is 16.7. The summed E-state index contributed by atoms with van der Waals surface area (Å²) in [4.78, 5) is 12.7. The summed E-state index contributed by atoms with van der Waals surface area (Å²) in [6.45, 7) is 7.08. The summed E-state index contributed by atoms with van der Waals surface area (Å²) in [5.41, 5.74) is 3.19. The molecule has 3 N–H and O–H groups in total. The average molecular weight is 608 g/mol. The highest BCUT2D eigenvalue weighted by atomic mass is 32.2. The molecule has 11 heteroatoms. The van der Waals surface area contributed by atoms with Gasteiger partial charge in [0.25, 0.3) is 0 Å². The van der Waals surface area contributed by atoms with Gasteiger partial charge in [0, 0.05) is 24.5 Å². The predicted molar refractivity (Wildman–Crippen MR) is 155 cm³/mol. The molecule has 1 aromatic heterocycles. The van der Waals surface area contributed by atoms with Crippen molar-refractivity contribution < 1.29 is 26.4 Å². The van der Waals surface area contributed by atoms with Crippen LogP contribution in [-0.4, -0.2) is 25.9 Å². The zero-order valence-corrected chi connectivity index (χ0v) is 25.0. The Morgan fingerprint density at radius 3 is 2.54 bits per heavy atom. The summed E-state index contributed by atoms with van der Waals surface area (Å²) >= 11 is 1.44. The Hall–Kier alpha value is -2.73. The van der Waals surface area contributed by atoms with Crippen LogP contribution in [0.1, 0.15) is 73.9 Å². The number of benzene rings is 2. The summed E-state index contributed by atoms with van der Waals surface area (Å²) in [6.07, 6.45) is -2.02. The number of thiophene rings is 1. The standard InChI is InChI=1S/C30H36F3N3O3S2/c1-29(2,3)34-18-20-10-11-26-22(14-20)6-4-9-27(26)35-28(37)17-24(15-21-12-13-40-19-21)36-41(38,39)25-8-5-7-23(16-25)30(31,32)33/h5,7-8,10-14,16,19,24,27,34,36H,4,6,9,15,17-18H2,1-3H3,(H,35,37)/t24-,27-/m1/s1. The fourth-order valence-corrected chi connectivity index (χ4v) is 6.91. The number of sulfonamides is 1. The number of aryl methyl sites for hydroxylation is 1. The van der Waals surface area contributed by atoms with E-state index in [0.717, 1.165) is 55.1 Å². The first kappa shape index (κ1) is 31.2. The Labute approximate surface area is 243 Å². The summed E-state index contributed by atoms with van der Waals surface area (Å²) in [5.74, 6) is -0.326. The van der Waals surface area contributed by atoms with Crippen LogP contribution in [0, 0.1) is 0 Å². The second-order valence-electron chi connectivity index (χ2n) is 11.5. The molecule has 6 nitrogen and oxygen atoms in total. The fraction of sp³-hybridized carbons (Fsp3) is 0.433. The highest BCUT2D eigenvalue weighted by Gasteiger charge is 2.32. The van der Waals surface area contributed by atoms with Gasteiger partial charge in [-0.05, 0) is 104 Å². The molecule has 0 fully saturated rings. The van der Waals surface area contributed by atoms with E-state index in [1.165, 1.54) is 22.5 Å². The number of carbonyl (C=O) groups excluding carboxylic acids is 1. The van der Waals surface area contributed by atoms with Crippen LogP contribution in [0.25, 0.3) is 0 Å². The largest absolute Gasteiger partial charge is 0.416 e. The monoisotopic (exact) mass is 607 g/mol. The lowest BCUT2D eigenvalue weighted by Crippen LogP contribution is -2.41. The molecular weight excluding hydrogens is 571 g/mol. The van der Waals surface area contributed by atoms with Gasteiger partial charge in [-0.3, -0.25) is 4.79 Å². The zero-order chi connectivity index (χ0) is 29.8. The minimum Gasteiger partial charge on any atom is -0.349 e. The van der Waals surface area contributed by atoms with Gasteiger partial charge in [-0.15, -0.1) is 0 Å². The maximum Gasteiger partial charge on any atom is 0.416 e. The van der Waals surface area contributed by atoms with E-state index in [0.29, 0.717) is 6.07 Å².